The van der Waals surface area contributed by atoms with E-state index >= 15 is 0 Å². The third-order valence-electron chi connectivity index (χ3n) is 3.93. The van der Waals surface area contributed by atoms with E-state index in [0.717, 1.165) is 5.56 Å². The molecule has 0 spiro atoms. The van der Waals surface area contributed by atoms with Gasteiger partial charge in [-0.1, -0.05) is 36.4 Å². The highest BCUT2D eigenvalue weighted by atomic mass is 19.1. The zero-order chi connectivity index (χ0) is 17.7. The van der Waals surface area contributed by atoms with Crippen LogP contribution in [0.1, 0.15) is 25.0 Å². The molecule has 0 aromatic heterocycles. The van der Waals surface area contributed by atoms with E-state index in [1.165, 1.54) is 19.9 Å². The molecule has 2 aromatic carbocycles. The van der Waals surface area contributed by atoms with Gasteiger partial charge in [0.1, 0.15) is 11.2 Å². The Morgan fingerprint density at radius 3 is 2.29 bits per heavy atom. The van der Waals surface area contributed by atoms with Gasteiger partial charge in [-0.25, -0.2) is 4.39 Å². The topological polar surface area (TPSA) is 58.2 Å². The molecule has 2 rings (SSSR count). The molecule has 126 valence electrons. The number of amides is 2. The number of rotatable bonds is 5. The zero-order valence-corrected chi connectivity index (χ0v) is 14.0. The van der Waals surface area contributed by atoms with E-state index in [9.17, 15) is 14.0 Å². The van der Waals surface area contributed by atoms with Crippen LogP contribution in [-0.2, 0) is 16.1 Å². The van der Waals surface area contributed by atoms with E-state index < -0.39 is 17.2 Å². The summed E-state index contributed by atoms with van der Waals surface area (Å²) in [6, 6.07) is 13.5. The SMILES string of the molecule is Cc1ccccc1NC(=O)C(C)(C)C(=O)NCc1ccccc1F. The molecular formula is C19H21FN2O2. The number of hydrogen-bond acceptors (Lipinski definition) is 2. The van der Waals surface area contributed by atoms with Gasteiger partial charge in [0.05, 0.1) is 0 Å². The van der Waals surface area contributed by atoms with Crippen molar-refractivity contribution in [3.63, 3.8) is 0 Å². The van der Waals surface area contributed by atoms with Gasteiger partial charge in [-0.2, -0.15) is 0 Å². The highest BCUT2D eigenvalue weighted by Crippen LogP contribution is 2.21. The third kappa shape index (κ3) is 3.98. The fourth-order valence-corrected chi connectivity index (χ4v) is 2.13. The largest absolute Gasteiger partial charge is 0.351 e. The molecule has 2 aromatic rings. The van der Waals surface area contributed by atoms with Crippen molar-refractivity contribution >= 4 is 17.5 Å². The van der Waals surface area contributed by atoms with Crippen LogP contribution in [-0.4, -0.2) is 11.8 Å². The Labute approximate surface area is 141 Å². The molecule has 0 aliphatic carbocycles. The van der Waals surface area contributed by atoms with Crippen molar-refractivity contribution in [1.82, 2.24) is 5.32 Å². The molecular weight excluding hydrogens is 307 g/mol. The molecule has 0 saturated carbocycles. The van der Waals surface area contributed by atoms with Crippen molar-refractivity contribution in [2.45, 2.75) is 27.3 Å². The van der Waals surface area contributed by atoms with Crippen LogP contribution in [0.2, 0.25) is 0 Å². The van der Waals surface area contributed by atoms with Crippen LogP contribution in [0.25, 0.3) is 0 Å². The minimum atomic E-state index is -1.28. The number of hydrogen-bond donors (Lipinski definition) is 2. The summed E-state index contributed by atoms with van der Waals surface area (Å²) >= 11 is 0. The highest BCUT2D eigenvalue weighted by molar-refractivity contribution is 6.10. The maximum absolute atomic E-state index is 13.6. The van der Waals surface area contributed by atoms with Crippen molar-refractivity contribution in [3.8, 4) is 0 Å². The summed E-state index contributed by atoms with van der Waals surface area (Å²) in [6.07, 6.45) is 0. The van der Waals surface area contributed by atoms with E-state index in [1.54, 1.807) is 24.3 Å². The smallest absolute Gasteiger partial charge is 0.239 e. The molecule has 0 unspecified atom stereocenters. The standard InChI is InChI=1S/C19H21FN2O2/c1-13-8-4-7-11-16(13)22-18(24)19(2,3)17(23)21-12-14-9-5-6-10-15(14)20/h4-11H,12H2,1-3H3,(H,21,23)(H,22,24). The maximum atomic E-state index is 13.6. The van der Waals surface area contributed by atoms with Crippen LogP contribution in [0.3, 0.4) is 0 Å². The molecule has 0 radical (unpaired) electrons. The van der Waals surface area contributed by atoms with Crippen LogP contribution < -0.4 is 10.6 Å². The van der Waals surface area contributed by atoms with Crippen molar-refractivity contribution < 1.29 is 14.0 Å². The van der Waals surface area contributed by atoms with Gasteiger partial charge in [-0.15, -0.1) is 0 Å². The molecule has 5 heteroatoms. The van der Waals surface area contributed by atoms with Crippen LogP contribution in [0.5, 0.6) is 0 Å². The van der Waals surface area contributed by atoms with Crippen molar-refractivity contribution in [2.24, 2.45) is 5.41 Å². The molecule has 2 amide bonds. The third-order valence-corrected chi connectivity index (χ3v) is 3.93. The molecule has 2 N–H and O–H groups in total. The number of benzene rings is 2. The molecule has 0 atom stereocenters. The fraction of sp³-hybridized carbons (Fsp3) is 0.263. The Bertz CT molecular complexity index is 757. The van der Waals surface area contributed by atoms with Gasteiger partial charge in [0.25, 0.3) is 0 Å². The molecule has 4 nitrogen and oxygen atoms in total. The Kier molecular flexibility index (Phi) is 5.34. The molecule has 0 aliphatic heterocycles. The summed E-state index contributed by atoms with van der Waals surface area (Å²) in [5.74, 6) is -1.26. The number of aryl methyl sites for hydroxylation is 1. The van der Waals surface area contributed by atoms with Crippen molar-refractivity contribution in [3.05, 3.63) is 65.5 Å². The first-order chi connectivity index (χ1) is 11.3. The molecule has 24 heavy (non-hydrogen) atoms. The summed E-state index contributed by atoms with van der Waals surface area (Å²) in [6.45, 7) is 4.99. The van der Waals surface area contributed by atoms with Gasteiger partial charge in [-0.05, 0) is 38.5 Å². The number of anilines is 1. The normalized spacial score (nSPS) is 11.0. The zero-order valence-electron chi connectivity index (χ0n) is 14.0. The summed E-state index contributed by atoms with van der Waals surface area (Å²) < 4.78 is 13.6. The summed E-state index contributed by atoms with van der Waals surface area (Å²) in [7, 11) is 0. The Morgan fingerprint density at radius 2 is 1.62 bits per heavy atom. The predicted molar refractivity (Wildman–Crippen MR) is 91.8 cm³/mol. The number of nitrogens with one attached hydrogen (secondary N) is 2. The number of halogens is 1. The first kappa shape index (κ1) is 17.7. The summed E-state index contributed by atoms with van der Waals surface area (Å²) in [5.41, 5.74) is 0.667. The Morgan fingerprint density at radius 1 is 1.00 bits per heavy atom. The molecule has 0 fully saturated rings. The average molecular weight is 328 g/mol. The predicted octanol–water partition coefficient (Wildman–Crippen LogP) is 3.42. The minimum Gasteiger partial charge on any atom is -0.351 e. The molecule has 0 aliphatic rings. The molecule has 0 saturated heterocycles. The van der Waals surface area contributed by atoms with Gasteiger partial charge < -0.3 is 10.6 Å². The second-order valence-corrected chi connectivity index (χ2v) is 6.17. The van der Waals surface area contributed by atoms with Gasteiger partial charge in [-0.3, -0.25) is 9.59 Å². The Balaban J connectivity index is 2.03. The lowest BCUT2D eigenvalue weighted by Crippen LogP contribution is -2.45. The van der Waals surface area contributed by atoms with E-state index in [0.29, 0.717) is 11.3 Å². The van der Waals surface area contributed by atoms with Crippen LogP contribution in [0, 0.1) is 18.2 Å². The van der Waals surface area contributed by atoms with Gasteiger partial charge in [0.15, 0.2) is 0 Å². The first-order valence-electron chi connectivity index (χ1n) is 7.71. The molecule has 0 heterocycles. The lowest BCUT2D eigenvalue weighted by atomic mass is 9.90. The monoisotopic (exact) mass is 328 g/mol. The summed E-state index contributed by atoms with van der Waals surface area (Å²) in [5, 5.41) is 5.39. The first-order valence-corrected chi connectivity index (χ1v) is 7.71. The van der Waals surface area contributed by atoms with Gasteiger partial charge >= 0.3 is 0 Å². The maximum Gasteiger partial charge on any atom is 0.239 e. The summed E-state index contributed by atoms with van der Waals surface area (Å²) in [4.78, 5) is 24.8. The van der Waals surface area contributed by atoms with Crippen molar-refractivity contribution in [2.75, 3.05) is 5.32 Å². The lowest BCUT2D eigenvalue weighted by molar-refractivity contribution is -0.138. The van der Waals surface area contributed by atoms with E-state index in [4.69, 9.17) is 0 Å². The van der Waals surface area contributed by atoms with Crippen LogP contribution in [0.4, 0.5) is 10.1 Å². The van der Waals surface area contributed by atoms with Crippen LogP contribution >= 0.6 is 0 Å². The second kappa shape index (κ2) is 7.25. The van der Waals surface area contributed by atoms with Crippen molar-refractivity contribution in [1.29, 1.82) is 0 Å². The van der Waals surface area contributed by atoms with E-state index in [1.807, 2.05) is 25.1 Å². The minimum absolute atomic E-state index is 0.0343. The van der Waals surface area contributed by atoms with E-state index in [-0.39, 0.29) is 12.4 Å². The van der Waals surface area contributed by atoms with Gasteiger partial charge in [0.2, 0.25) is 11.8 Å². The average Bonchev–Trinajstić information content (AvgIpc) is 2.55. The Hall–Kier alpha value is -2.69. The number of carbonyl (C=O) groups is 2. The number of carbonyl (C=O) groups excluding carboxylic acids is 2. The number of para-hydroxylation sites is 1. The van der Waals surface area contributed by atoms with Gasteiger partial charge in [0, 0.05) is 17.8 Å². The second-order valence-electron chi connectivity index (χ2n) is 6.17. The lowest BCUT2D eigenvalue weighted by Gasteiger charge is -2.23. The fourth-order valence-electron chi connectivity index (χ4n) is 2.13. The van der Waals surface area contributed by atoms with Crippen LogP contribution in [0.15, 0.2) is 48.5 Å². The quantitative estimate of drug-likeness (QED) is 0.826. The molecule has 0 bridgehead atoms. The highest BCUT2D eigenvalue weighted by Gasteiger charge is 2.36. The van der Waals surface area contributed by atoms with E-state index in [2.05, 4.69) is 10.6 Å².